The van der Waals surface area contributed by atoms with Crippen molar-refractivity contribution < 1.29 is 0 Å². The number of hydrogen-bond acceptors (Lipinski definition) is 6. The van der Waals surface area contributed by atoms with Gasteiger partial charge in [-0.1, -0.05) is 60.7 Å². The van der Waals surface area contributed by atoms with Gasteiger partial charge < -0.3 is 10.6 Å². The molecule has 0 amide bonds. The van der Waals surface area contributed by atoms with Crippen molar-refractivity contribution >= 4 is 34.0 Å². The SMILES string of the molecule is N#CCCc1cccc(Nc2ncnc3c2c(Nc2ccccc2)nn3Cc2ccccc2)c1. The van der Waals surface area contributed by atoms with E-state index in [0.29, 0.717) is 31.0 Å². The Morgan fingerprint density at radius 2 is 1.47 bits per heavy atom. The summed E-state index contributed by atoms with van der Waals surface area (Å²) in [5, 5.41) is 21.5. The van der Waals surface area contributed by atoms with E-state index in [2.05, 4.69) is 38.8 Å². The van der Waals surface area contributed by atoms with Crippen molar-refractivity contribution in [1.29, 1.82) is 5.26 Å². The van der Waals surface area contributed by atoms with Crippen molar-refractivity contribution in [3.8, 4) is 6.07 Å². The maximum atomic E-state index is 8.91. The van der Waals surface area contributed by atoms with Crippen LogP contribution in [0.15, 0.2) is 91.3 Å². The third-order valence-electron chi connectivity index (χ3n) is 5.46. The minimum absolute atomic E-state index is 0.485. The zero-order valence-electron chi connectivity index (χ0n) is 18.5. The molecule has 34 heavy (non-hydrogen) atoms. The number of aromatic nitrogens is 4. The average molecular weight is 446 g/mol. The lowest BCUT2D eigenvalue weighted by molar-refractivity contribution is 0.707. The number of fused-ring (bicyclic) bond motifs is 1. The number of hydrogen-bond donors (Lipinski definition) is 2. The van der Waals surface area contributed by atoms with Crippen LogP contribution < -0.4 is 10.6 Å². The fraction of sp³-hybridized carbons (Fsp3) is 0.111. The maximum absolute atomic E-state index is 8.91. The quantitative estimate of drug-likeness (QED) is 0.313. The van der Waals surface area contributed by atoms with Gasteiger partial charge in [0.15, 0.2) is 11.5 Å². The first kappa shape index (κ1) is 21.2. The molecular formula is C27H23N7. The van der Waals surface area contributed by atoms with Gasteiger partial charge >= 0.3 is 0 Å². The van der Waals surface area contributed by atoms with Crippen LogP contribution in [0.1, 0.15) is 17.5 Å². The minimum Gasteiger partial charge on any atom is -0.339 e. The summed E-state index contributed by atoms with van der Waals surface area (Å²) in [6.07, 6.45) is 2.75. The van der Waals surface area contributed by atoms with Crippen molar-refractivity contribution in [2.24, 2.45) is 0 Å². The van der Waals surface area contributed by atoms with E-state index in [1.54, 1.807) is 6.33 Å². The first-order valence-corrected chi connectivity index (χ1v) is 11.1. The van der Waals surface area contributed by atoms with Gasteiger partial charge in [-0.25, -0.2) is 14.6 Å². The molecule has 2 heterocycles. The summed E-state index contributed by atoms with van der Waals surface area (Å²) in [4.78, 5) is 9.12. The molecule has 7 nitrogen and oxygen atoms in total. The molecule has 0 fully saturated rings. The molecule has 0 aliphatic heterocycles. The fourth-order valence-electron chi connectivity index (χ4n) is 3.86. The minimum atomic E-state index is 0.485. The second-order valence-corrected chi connectivity index (χ2v) is 7.89. The third-order valence-corrected chi connectivity index (χ3v) is 5.46. The molecule has 2 aromatic heterocycles. The summed E-state index contributed by atoms with van der Waals surface area (Å²) in [7, 11) is 0. The summed E-state index contributed by atoms with van der Waals surface area (Å²) in [5.74, 6) is 1.35. The van der Waals surface area contributed by atoms with Crippen LogP contribution in [0, 0.1) is 11.3 Å². The summed E-state index contributed by atoms with van der Waals surface area (Å²) in [5.41, 5.74) is 4.80. The van der Waals surface area contributed by atoms with Crippen LogP contribution in [0.25, 0.3) is 11.0 Å². The predicted molar refractivity (Wildman–Crippen MR) is 134 cm³/mol. The first-order chi connectivity index (χ1) is 16.8. The van der Waals surface area contributed by atoms with Crippen LogP contribution in [0.4, 0.5) is 23.0 Å². The number of benzene rings is 3. The Labute approximate surface area is 197 Å². The first-order valence-electron chi connectivity index (χ1n) is 11.1. The Morgan fingerprint density at radius 3 is 2.26 bits per heavy atom. The normalized spacial score (nSPS) is 10.7. The van der Waals surface area contributed by atoms with Crippen molar-refractivity contribution in [1.82, 2.24) is 19.7 Å². The van der Waals surface area contributed by atoms with Gasteiger partial charge in [-0.15, -0.1) is 0 Å². The van der Waals surface area contributed by atoms with Crippen LogP contribution in [-0.4, -0.2) is 19.7 Å². The van der Waals surface area contributed by atoms with Gasteiger partial charge in [0, 0.05) is 17.8 Å². The molecule has 0 unspecified atom stereocenters. The molecule has 7 heteroatoms. The molecule has 0 radical (unpaired) electrons. The Kier molecular flexibility index (Phi) is 6.12. The lowest BCUT2D eigenvalue weighted by Gasteiger charge is -2.10. The molecule has 0 saturated heterocycles. The highest BCUT2D eigenvalue weighted by molar-refractivity contribution is 5.99. The van der Waals surface area contributed by atoms with Crippen molar-refractivity contribution in [3.05, 3.63) is 102 Å². The van der Waals surface area contributed by atoms with Gasteiger partial charge in [0.25, 0.3) is 0 Å². The highest BCUT2D eigenvalue weighted by Crippen LogP contribution is 2.32. The highest BCUT2D eigenvalue weighted by atomic mass is 15.3. The van der Waals surface area contributed by atoms with Gasteiger partial charge in [-0.05, 0) is 41.8 Å². The Bertz CT molecular complexity index is 1440. The topological polar surface area (TPSA) is 91.4 Å². The van der Waals surface area contributed by atoms with Gasteiger partial charge in [-0.2, -0.15) is 10.4 Å². The summed E-state index contributed by atoms with van der Waals surface area (Å²) in [6.45, 7) is 0.591. The van der Waals surface area contributed by atoms with E-state index in [-0.39, 0.29) is 0 Å². The molecule has 2 N–H and O–H groups in total. The molecule has 0 bridgehead atoms. The number of nitrogens with zero attached hydrogens (tertiary/aromatic N) is 5. The molecule has 0 aliphatic rings. The number of anilines is 4. The van der Waals surface area contributed by atoms with Gasteiger partial charge in [0.2, 0.25) is 0 Å². The largest absolute Gasteiger partial charge is 0.339 e. The number of aryl methyl sites for hydroxylation is 1. The molecule has 0 atom stereocenters. The lowest BCUT2D eigenvalue weighted by Crippen LogP contribution is -2.03. The van der Waals surface area contributed by atoms with E-state index in [4.69, 9.17) is 10.4 Å². The monoisotopic (exact) mass is 445 g/mol. The van der Waals surface area contributed by atoms with Crippen LogP contribution in [0.5, 0.6) is 0 Å². The lowest BCUT2D eigenvalue weighted by atomic mass is 10.1. The molecule has 166 valence electrons. The number of nitrogens with one attached hydrogen (secondary N) is 2. The van der Waals surface area contributed by atoms with Crippen molar-refractivity contribution in [3.63, 3.8) is 0 Å². The second-order valence-electron chi connectivity index (χ2n) is 7.89. The third kappa shape index (κ3) is 4.71. The van der Waals surface area contributed by atoms with E-state index in [9.17, 15) is 0 Å². The number of rotatable bonds is 8. The summed E-state index contributed by atoms with van der Waals surface area (Å²) < 4.78 is 1.89. The number of para-hydroxylation sites is 1. The van der Waals surface area contributed by atoms with Gasteiger partial charge in [0.1, 0.15) is 17.5 Å². The fourth-order valence-corrected chi connectivity index (χ4v) is 3.86. The van der Waals surface area contributed by atoms with E-state index in [0.717, 1.165) is 33.5 Å². The van der Waals surface area contributed by atoms with Crippen LogP contribution in [-0.2, 0) is 13.0 Å². The highest BCUT2D eigenvalue weighted by Gasteiger charge is 2.18. The van der Waals surface area contributed by atoms with Crippen LogP contribution >= 0.6 is 0 Å². The predicted octanol–water partition coefficient (Wildman–Crippen LogP) is 5.82. The van der Waals surface area contributed by atoms with E-state index >= 15 is 0 Å². The van der Waals surface area contributed by atoms with E-state index < -0.39 is 0 Å². The van der Waals surface area contributed by atoms with Crippen molar-refractivity contribution in [2.75, 3.05) is 10.6 Å². The molecule has 5 rings (SSSR count). The summed E-state index contributed by atoms with van der Waals surface area (Å²) in [6, 6.07) is 30.4. The summed E-state index contributed by atoms with van der Waals surface area (Å²) >= 11 is 0. The number of nitriles is 1. The molecule has 3 aromatic carbocycles. The van der Waals surface area contributed by atoms with E-state index in [1.165, 1.54) is 0 Å². The Hall–Kier alpha value is -4.70. The molecule has 0 spiro atoms. The van der Waals surface area contributed by atoms with Crippen LogP contribution in [0.2, 0.25) is 0 Å². The molecule has 5 aromatic rings. The standard InChI is InChI=1S/C27H23N7/c28-16-8-12-20-11-7-15-23(17-20)32-25-24-26(31-22-13-5-2-6-14-22)33-34(27(24)30-19-29-25)18-21-9-3-1-4-10-21/h1-7,9-11,13-15,17,19H,8,12,18H2,(H,31,33)(H,29,30,32). The average Bonchev–Trinajstić information content (AvgIpc) is 3.22. The molecular weight excluding hydrogens is 422 g/mol. The van der Waals surface area contributed by atoms with Crippen LogP contribution in [0.3, 0.4) is 0 Å². The molecule has 0 saturated carbocycles. The zero-order chi connectivity index (χ0) is 23.2. The zero-order valence-corrected chi connectivity index (χ0v) is 18.5. The van der Waals surface area contributed by atoms with Crippen molar-refractivity contribution in [2.45, 2.75) is 19.4 Å². The smallest absolute Gasteiger partial charge is 0.165 e. The second kappa shape index (κ2) is 9.84. The maximum Gasteiger partial charge on any atom is 0.165 e. The Morgan fingerprint density at radius 1 is 0.765 bits per heavy atom. The Balaban J connectivity index is 1.56. The van der Waals surface area contributed by atoms with E-state index in [1.807, 2.05) is 77.5 Å². The van der Waals surface area contributed by atoms with Gasteiger partial charge in [-0.3, -0.25) is 0 Å². The van der Waals surface area contributed by atoms with Gasteiger partial charge in [0.05, 0.1) is 12.6 Å². The molecule has 0 aliphatic carbocycles.